The normalized spacial score (nSPS) is 14.0. The minimum atomic E-state index is 0.424. The van der Waals surface area contributed by atoms with Gasteiger partial charge >= 0.3 is 0 Å². The molecule has 78 valence electrons. The van der Waals surface area contributed by atoms with Gasteiger partial charge in [0, 0.05) is 12.4 Å². The second kappa shape index (κ2) is 4.59. The van der Waals surface area contributed by atoms with Crippen LogP contribution in [0.15, 0.2) is 24.5 Å². The zero-order valence-electron chi connectivity index (χ0n) is 9.75. The van der Waals surface area contributed by atoms with E-state index < -0.39 is 0 Å². The van der Waals surface area contributed by atoms with Crippen molar-refractivity contribution in [1.29, 1.82) is 0 Å². The highest BCUT2D eigenvalue weighted by Gasteiger charge is 2.19. The second-order valence-corrected chi connectivity index (χ2v) is 5.16. The molecule has 0 amide bonds. The van der Waals surface area contributed by atoms with Gasteiger partial charge in [-0.15, -0.1) is 0 Å². The van der Waals surface area contributed by atoms with E-state index in [1.54, 1.807) is 0 Å². The molecule has 1 atom stereocenters. The monoisotopic (exact) mass is 191 g/mol. The number of hydrogen-bond donors (Lipinski definition) is 0. The van der Waals surface area contributed by atoms with Crippen LogP contribution in [0.4, 0.5) is 0 Å². The summed E-state index contributed by atoms with van der Waals surface area (Å²) < 4.78 is 0. The van der Waals surface area contributed by atoms with Crippen molar-refractivity contribution < 1.29 is 0 Å². The maximum Gasteiger partial charge on any atom is 0.0270 e. The van der Waals surface area contributed by atoms with E-state index >= 15 is 0 Å². The Labute approximate surface area is 87.6 Å². The Kier molecular flexibility index (Phi) is 3.68. The lowest BCUT2D eigenvalue weighted by Crippen LogP contribution is -2.17. The van der Waals surface area contributed by atoms with Crippen LogP contribution in [0, 0.1) is 11.3 Å². The van der Waals surface area contributed by atoms with Gasteiger partial charge in [0.05, 0.1) is 0 Å². The van der Waals surface area contributed by atoms with Gasteiger partial charge in [0.2, 0.25) is 0 Å². The van der Waals surface area contributed by atoms with Crippen molar-refractivity contribution in [2.24, 2.45) is 11.3 Å². The molecule has 14 heavy (non-hydrogen) atoms. The fourth-order valence-corrected chi connectivity index (χ4v) is 1.37. The van der Waals surface area contributed by atoms with Crippen molar-refractivity contribution in [3.8, 4) is 0 Å². The van der Waals surface area contributed by atoms with Crippen LogP contribution < -0.4 is 0 Å². The van der Waals surface area contributed by atoms with Gasteiger partial charge in [0.15, 0.2) is 0 Å². The summed E-state index contributed by atoms with van der Waals surface area (Å²) in [6.45, 7) is 9.26. The summed E-state index contributed by atoms with van der Waals surface area (Å²) in [4.78, 5) is 4.02. The zero-order chi connectivity index (χ0) is 10.6. The zero-order valence-corrected chi connectivity index (χ0v) is 9.75. The average molecular weight is 191 g/mol. The fraction of sp³-hybridized carbons (Fsp3) is 0.615. The third-order valence-electron chi connectivity index (χ3n) is 3.09. The van der Waals surface area contributed by atoms with Crippen molar-refractivity contribution >= 4 is 0 Å². The van der Waals surface area contributed by atoms with Gasteiger partial charge in [-0.3, -0.25) is 4.98 Å². The summed E-state index contributed by atoms with van der Waals surface area (Å²) in [7, 11) is 0. The lowest BCUT2D eigenvalue weighted by molar-refractivity contribution is 0.247. The molecular weight excluding hydrogens is 170 g/mol. The first kappa shape index (κ1) is 11.2. The third-order valence-corrected chi connectivity index (χ3v) is 3.09. The van der Waals surface area contributed by atoms with Crippen molar-refractivity contribution in [2.75, 3.05) is 0 Å². The summed E-state index contributed by atoms with van der Waals surface area (Å²) in [5.74, 6) is 0.760. The average Bonchev–Trinajstić information content (AvgIpc) is 2.14. The van der Waals surface area contributed by atoms with Gasteiger partial charge in [-0.1, -0.05) is 27.7 Å². The van der Waals surface area contributed by atoms with Gasteiger partial charge in [-0.2, -0.15) is 0 Å². The van der Waals surface area contributed by atoms with Crippen LogP contribution in [-0.2, 0) is 6.42 Å². The predicted octanol–water partition coefficient (Wildman–Crippen LogP) is 3.70. The van der Waals surface area contributed by atoms with Gasteiger partial charge in [-0.05, 0) is 41.9 Å². The first-order valence-corrected chi connectivity index (χ1v) is 5.39. The van der Waals surface area contributed by atoms with Crippen LogP contribution in [0.3, 0.4) is 0 Å². The third kappa shape index (κ3) is 3.49. The lowest BCUT2D eigenvalue weighted by Gasteiger charge is -2.27. The number of hydrogen-bond acceptors (Lipinski definition) is 1. The maximum absolute atomic E-state index is 4.02. The molecule has 0 fully saturated rings. The fourth-order valence-electron chi connectivity index (χ4n) is 1.37. The Morgan fingerprint density at radius 3 is 2.29 bits per heavy atom. The van der Waals surface area contributed by atoms with Gasteiger partial charge < -0.3 is 0 Å². The van der Waals surface area contributed by atoms with E-state index in [-0.39, 0.29) is 0 Å². The van der Waals surface area contributed by atoms with Crippen LogP contribution in [0.1, 0.15) is 39.7 Å². The molecule has 1 aromatic heterocycles. The summed E-state index contributed by atoms with van der Waals surface area (Å²) in [6.07, 6.45) is 6.17. The van der Waals surface area contributed by atoms with Gasteiger partial charge in [0.1, 0.15) is 0 Å². The molecule has 1 rings (SSSR count). The SMILES string of the molecule is CC(CCc1ccncc1)C(C)(C)C. The smallest absolute Gasteiger partial charge is 0.0270 e. The number of nitrogens with zero attached hydrogens (tertiary/aromatic N) is 1. The van der Waals surface area contributed by atoms with Gasteiger partial charge in [0.25, 0.3) is 0 Å². The van der Waals surface area contributed by atoms with Crippen molar-refractivity contribution in [1.82, 2.24) is 4.98 Å². The molecule has 1 heteroatoms. The molecule has 0 spiro atoms. The Morgan fingerprint density at radius 2 is 1.79 bits per heavy atom. The first-order valence-electron chi connectivity index (χ1n) is 5.39. The topological polar surface area (TPSA) is 12.9 Å². The molecular formula is C13H21N. The van der Waals surface area contributed by atoms with E-state index in [4.69, 9.17) is 0 Å². The lowest BCUT2D eigenvalue weighted by atomic mass is 9.79. The number of aryl methyl sites for hydroxylation is 1. The Bertz CT molecular complexity index is 258. The van der Waals surface area contributed by atoms with Crippen LogP contribution in [0.2, 0.25) is 0 Å². The van der Waals surface area contributed by atoms with E-state index in [2.05, 4.69) is 44.8 Å². The van der Waals surface area contributed by atoms with Crippen molar-refractivity contribution in [2.45, 2.75) is 40.5 Å². The molecule has 1 unspecified atom stereocenters. The highest BCUT2D eigenvalue weighted by atomic mass is 14.6. The quantitative estimate of drug-likeness (QED) is 0.710. The highest BCUT2D eigenvalue weighted by Crippen LogP contribution is 2.28. The van der Waals surface area contributed by atoms with E-state index in [0.29, 0.717) is 5.41 Å². The van der Waals surface area contributed by atoms with E-state index in [0.717, 1.165) is 5.92 Å². The molecule has 0 aromatic carbocycles. The molecule has 0 aliphatic carbocycles. The minimum absolute atomic E-state index is 0.424. The standard InChI is InChI=1S/C13H21N/c1-11(13(2,3)4)5-6-12-7-9-14-10-8-12/h7-11H,5-6H2,1-4H3. The molecule has 1 nitrogen and oxygen atoms in total. The second-order valence-electron chi connectivity index (χ2n) is 5.16. The van der Waals surface area contributed by atoms with Crippen molar-refractivity contribution in [3.05, 3.63) is 30.1 Å². The molecule has 0 bridgehead atoms. The molecule has 0 radical (unpaired) electrons. The van der Waals surface area contributed by atoms with Crippen LogP contribution >= 0.6 is 0 Å². The van der Waals surface area contributed by atoms with E-state index in [9.17, 15) is 0 Å². The number of rotatable bonds is 3. The minimum Gasteiger partial charge on any atom is -0.265 e. The molecule has 1 aromatic rings. The molecule has 0 saturated carbocycles. The molecule has 0 saturated heterocycles. The van der Waals surface area contributed by atoms with Crippen LogP contribution in [-0.4, -0.2) is 4.98 Å². The summed E-state index contributed by atoms with van der Waals surface area (Å²) >= 11 is 0. The van der Waals surface area contributed by atoms with Gasteiger partial charge in [-0.25, -0.2) is 0 Å². The van der Waals surface area contributed by atoms with Crippen LogP contribution in [0.25, 0.3) is 0 Å². The maximum atomic E-state index is 4.02. The predicted molar refractivity (Wildman–Crippen MR) is 61.2 cm³/mol. The first-order chi connectivity index (χ1) is 6.50. The number of aromatic nitrogens is 1. The molecule has 1 heterocycles. The summed E-state index contributed by atoms with van der Waals surface area (Å²) in [6, 6.07) is 4.21. The summed E-state index contributed by atoms with van der Waals surface area (Å²) in [5, 5.41) is 0. The molecule has 0 aliphatic heterocycles. The van der Waals surface area contributed by atoms with Crippen LogP contribution in [0.5, 0.6) is 0 Å². The van der Waals surface area contributed by atoms with E-state index in [1.807, 2.05) is 12.4 Å². The highest BCUT2D eigenvalue weighted by molar-refractivity contribution is 5.09. The Morgan fingerprint density at radius 1 is 1.21 bits per heavy atom. The van der Waals surface area contributed by atoms with E-state index in [1.165, 1.54) is 18.4 Å². The molecule has 0 N–H and O–H groups in total. The Hall–Kier alpha value is -0.850. The largest absolute Gasteiger partial charge is 0.265 e. The Balaban J connectivity index is 2.42. The number of pyridine rings is 1. The molecule has 0 aliphatic rings. The van der Waals surface area contributed by atoms with Crippen molar-refractivity contribution in [3.63, 3.8) is 0 Å². The summed E-state index contributed by atoms with van der Waals surface area (Å²) in [5.41, 5.74) is 1.82.